The maximum absolute atomic E-state index is 13.4. The van der Waals surface area contributed by atoms with Crippen LogP contribution in [0.2, 0.25) is 10.0 Å². The first kappa shape index (κ1) is 20.4. The Morgan fingerprint density at radius 1 is 1.06 bits per heavy atom. The molecular formula is C23H15Cl2N5O2. The smallest absolute Gasteiger partial charge is 0.289 e. The van der Waals surface area contributed by atoms with Gasteiger partial charge in [0.1, 0.15) is 0 Å². The Morgan fingerprint density at radius 3 is 2.69 bits per heavy atom. The molecule has 0 saturated heterocycles. The fraction of sp³-hybridized carbons (Fsp3) is 0.0870. The van der Waals surface area contributed by atoms with Crippen LogP contribution in [-0.2, 0) is 6.54 Å². The van der Waals surface area contributed by atoms with Gasteiger partial charge < -0.3 is 8.98 Å². The molecule has 158 valence electrons. The summed E-state index contributed by atoms with van der Waals surface area (Å²) in [6.45, 7) is 2.37. The van der Waals surface area contributed by atoms with Gasteiger partial charge in [0, 0.05) is 33.2 Å². The normalized spacial score (nSPS) is 11.2. The first-order valence-electron chi connectivity index (χ1n) is 9.70. The van der Waals surface area contributed by atoms with Crippen molar-refractivity contribution in [3.05, 3.63) is 93.7 Å². The summed E-state index contributed by atoms with van der Waals surface area (Å²) in [4.78, 5) is 13.4. The molecule has 2 aromatic carbocycles. The molecule has 3 heterocycles. The van der Waals surface area contributed by atoms with Crippen molar-refractivity contribution in [1.29, 1.82) is 0 Å². The monoisotopic (exact) mass is 463 g/mol. The van der Waals surface area contributed by atoms with Crippen molar-refractivity contribution in [2.75, 3.05) is 0 Å². The maximum atomic E-state index is 13.4. The highest BCUT2D eigenvalue weighted by Gasteiger charge is 2.25. The fourth-order valence-corrected chi connectivity index (χ4v) is 4.17. The molecule has 0 spiro atoms. The number of benzene rings is 2. The van der Waals surface area contributed by atoms with Gasteiger partial charge in [0.2, 0.25) is 5.89 Å². The Labute approximate surface area is 192 Å². The van der Waals surface area contributed by atoms with Gasteiger partial charge in [0.15, 0.2) is 0 Å². The quantitative estimate of drug-likeness (QED) is 0.325. The van der Waals surface area contributed by atoms with E-state index in [-0.39, 0.29) is 17.6 Å². The van der Waals surface area contributed by atoms with Gasteiger partial charge in [-0.15, -0.1) is 10.2 Å². The predicted octanol–water partition coefficient (Wildman–Crippen LogP) is 5.38. The van der Waals surface area contributed by atoms with Gasteiger partial charge in [0.25, 0.3) is 11.7 Å². The SMILES string of the molecule is Cc1c(C(=O)c2nnc(-c3ccnnc3)o2)c2ccccc2n1Cc1ccc(Cl)cc1Cl. The number of aromatic nitrogens is 5. The van der Waals surface area contributed by atoms with Crippen molar-refractivity contribution in [1.82, 2.24) is 25.0 Å². The molecule has 0 aliphatic heterocycles. The lowest BCUT2D eigenvalue weighted by Crippen LogP contribution is -2.07. The van der Waals surface area contributed by atoms with E-state index in [1.54, 1.807) is 18.2 Å². The van der Waals surface area contributed by atoms with E-state index in [0.717, 1.165) is 22.2 Å². The lowest BCUT2D eigenvalue weighted by atomic mass is 10.1. The number of carbonyl (C=O) groups excluding carboxylic acids is 1. The molecule has 5 aromatic rings. The van der Waals surface area contributed by atoms with Crippen LogP contribution in [0.4, 0.5) is 0 Å². The summed E-state index contributed by atoms with van der Waals surface area (Å²) in [6, 6.07) is 14.8. The summed E-state index contributed by atoms with van der Waals surface area (Å²) in [5, 5.41) is 17.4. The van der Waals surface area contributed by atoms with Gasteiger partial charge in [-0.25, -0.2) is 0 Å². The van der Waals surface area contributed by atoms with E-state index in [1.165, 1.54) is 12.4 Å². The van der Waals surface area contributed by atoms with Crippen LogP contribution in [0.5, 0.6) is 0 Å². The van der Waals surface area contributed by atoms with Crippen molar-refractivity contribution < 1.29 is 9.21 Å². The Bertz CT molecular complexity index is 1460. The van der Waals surface area contributed by atoms with Gasteiger partial charge in [-0.2, -0.15) is 10.2 Å². The second kappa shape index (κ2) is 8.18. The average Bonchev–Trinajstić information content (AvgIpc) is 3.40. The highest BCUT2D eigenvalue weighted by Crippen LogP contribution is 2.31. The lowest BCUT2D eigenvalue weighted by Gasteiger charge is -2.10. The topological polar surface area (TPSA) is 86.7 Å². The van der Waals surface area contributed by atoms with Crippen molar-refractivity contribution in [3.8, 4) is 11.5 Å². The molecule has 9 heteroatoms. The zero-order valence-electron chi connectivity index (χ0n) is 16.8. The number of fused-ring (bicyclic) bond motifs is 1. The third-order valence-corrected chi connectivity index (χ3v) is 5.84. The molecule has 0 aliphatic carbocycles. The largest absolute Gasteiger partial charge is 0.413 e. The van der Waals surface area contributed by atoms with E-state index in [1.807, 2.05) is 41.8 Å². The van der Waals surface area contributed by atoms with E-state index in [4.69, 9.17) is 27.6 Å². The van der Waals surface area contributed by atoms with Crippen LogP contribution in [0.15, 0.2) is 65.3 Å². The molecule has 0 radical (unpaired) electrons. The number of ketones is 1. The molecule has 0 atom stereocenters. The van der Waals surface area contributed by atoms with E-state index < -0.39 is 0 Å². The number of hydrogen-bond acceptors (Lipinski definition) is 6. The van der Waals surface area contributed by atoms with Crippen LogP contribution < -0.4 is 0 Å². The molecule has 0 N–H and O–H groups in total. The Morgan fingerprint density at radius 2 is 1.91 bits per heavy atom. The molecule has 5 rings (SSSR count). The van der Waals surface area contributed by atoms with E-state index in [2.05, 4.69) is 20.4 Å². The standard InChI is InChI=1S/C23H15Cl2N5O2/c1-13-20(21(31)23-29-28-22(32-23)14-8-9-26-27-11-14)17-4-2-3-5-19(17)30(13)12-15-6-7-16(24)10-18(15)25/h2-11H,12H2,1H3. The minimum Gasteiger partial charge on any atom is -0.413 e. The summed E-state index contributed by atoms with van der Waals surface area (Å²) in [6.07, 6.45) is 3.01. The van der Waals surface area contributed by atoms with Gasteiger partial charge in [-0.05, 0) is 36.8 Å². The Balaban J connectivity index is 1.58. The third kappa shape index (κ3) is 3.55. The zero-order valence-corrected chi connectivity index (χ0v) is 18.3. The molecule has 32 heavy (non-hydrogen) atoms. The Kier molecular flexibility index (Phi) is 5.20. The predicted molar refractivity (Wildman–Crippen MR) is 121 cm³/mol. The Hall–Kier alpha value is -3.55. The van der Waals surface area contributed by atoms with Crippen molar-refractivity contribution in [2.45, 2.75) is 13.5 Å². The number of hydrogen-bond donors (Lipinski definition) is 0. The molecule has 0 amide bonds. The molecule has 0 aliphatic rings. The maximum Gasteiger partial charge on any atom is 0.289 e. The molecule has 0 fully saturated rings. The lowest BCUT2D eigenvalue weighted by molar-refractivity contribution is 0.100. The highest BCUT2D eigenvalue weighted by atomic mass is 35.5. The van der Waals surface area contributed by atoms with Gasteiger partial charge in [-0.3, -0.25) is 4.79 Å². The van der Waals surface area contributed by atoms with Crippen molar-refractivity contribution in [3.63, 3.8) is 0 Å². The number of halogens is 2. The number of nitrogens with zero attached hydrogens (tertiary/aromatic N) is 5. The van der Waals surface area contributed by atoms with Crippen LogP contribution in [0, 0.1) is 6.92 Å². The second-order valence-corrected chi connectivity index (χ2v) is 8.02. The first-order chi connectivity index (χ1) is 15.5. The highest BCUT2D eigenvalue weighted by molar-refractivity contribution is 6.35. The molecule has 0 bridgehead atoms. The molecule has 0 unspecified atom stereocenters. The van der Waals surface area contributed by atoms with Crippen LogP contribution in [0.25, 0.3) is 22.4 Å². The summed E-state index contributed by atoms with van der Waals surface area (Å²) in [7, 11) is 0. The van der Waals surface area contributed by atoms with E-state index >= 15 is 0 Å². The molecule has 3 aromatic heterocycles. The van der Waals surface area contributed by atoms with E-state index in [0.29, 0.717) is 27.7 Å². The summed E-state index contributed by atoms with van der Waals surface area (Å²) >= 11 is 12.4. The fourth-order valence-electron chi connectivity index (χ4n) is 3.70. The minimum absolute atomic E-state index is 0.0904. The molecule has 7 nitrogen and oxygen atoms in total. The van der Waals surface area contributed by atoms with Crippen LogP contribution in [0.1, 0.15) is 27.5 Å². The number of para-hydroxylation sites is 1. The third-order valence-electron chi connectivity index (χ3n) is 5.25. The number of rotatable bonds is 5. The second-order valence-electron chi connectivity index (χ2n) is 7.17. The van der Waals surface area contributed by atoms with Gasteiger partial charge in [0.05, 0.1) is 23.5 Å². The van der Waals surface area contributed by atoms with Gasteiger partial charge >= 0.3 is 0 Å². The minimum atomic E-state index is -0.347. The molecular weight excluding hydrogens is 449 g/mol. The van der Waals surface area contributed by atoms with Crippen molar-refractivity contribution >= 4 is 39.9 Å². The first-order valence-corrected chi connectivity index (χ1v) is 10.5. The van der Waals surface area contributed by atoms with Crippen molar-refractivity contribution in [2.24, 2.45) is 0 Å². The van der Waals surface area contributed by atoms with Crippen LogP contribution >= 0.6 is 23.2 Å². The molecule has 0 saturated carbocycles. The van der Waals surface area contributed by atoms with E-state index in [9.17, 15) is 4.79 Å². The van der Waals surface area contributed by atoms with Crippen LogP contribution in [-0.4, -0.2) is 30.7 Å². The summed E-state index contributed by atoms with van der Waals surface area (Å²) < 4.78 is 7.71. The van der Waals surface area contributed by atoms with Gasteiger partial charge in [-0.1, -0.05) is 47.5 Å². The number of carbonyl (C=O) groups is 1. The summed E-state index contributed by atoms with van der Waals surface area (Å²) in [5.74, 6) is -0.231. The zero-order chi connectivity index (χ0) is 22.2. The summed E-state index contributed by atoms with van der Waals surface area (Å²) in [5.41, 5.74) is 3.66. The van der Waals surface area contributed by atoms with Crippen LogP contribution in [0.3, 0.4) is 0 Å². The average molecular weight is 464 g/mol.